The third-order valence-electron chi connectivity index (χ3n) is 3.68. The Bertz CT molecular complexity index is 641. The van der Waals surface area contributed by atoms with Gasteiger partial charge >= 0.3 is 5.97 Å². The first-order chi connectivity index (χ1) is 11.5. The molecule has 0 radical (unpaired) electrons. The molecule has 0 bridgehead atoms. The zero-order valence-corrected chi connectivity index (χ0v) is 14.0. The highest BCUT2D eigenvalue weighted by atomic mass is 35.5. The number of benzene rings is 2. The van der Waals surface area contributed by atoms with E-state index in [0.717, 1.165) is 30.6 Å². The molecular formula is C19H20ClFO3. The fourth-order valence-electron chi connectivity index (χ4n) is 2.28. The number of unbranched alkanes of at least 4 members (excludes halogenated alkanes) is 1. The fraction of sp³-hybridized carbons (Fsp3) is 0.316. The van der Waals surface area contributed by atoms with Gasteiger partial charge in [0.25, 0.3) is 0 Å². The van der Waals surface area contributed by atoms with Crippen molar-refractivity contribution in [1.82, 2.24) is 0 Å². The zero-order chi connectivity index (χ0) is 17.4. The van der Waals surface area contributed by atoms with Crippen LogP contribution < -0.4 is 4.74 Å². The summed E-state index contributed by atoms with van der Waals surface area (Å²) in [6.45, 7) is 0.395. The molecule has 3 nitrogen and oxygen atoms in total. The van der Waals surface area contributed by atoms with Crippen molar-refractivity contribution in [1.29, 1.82) is 0 Å². The van der Waals surface area contributed by atoms with Gasteiger partial charge < -0.3 is 9.84 Å². The molecule has 0 aliphatic rings. The molecule has 0 spiro atoms. The standard InChI is InChI=1S/C19H20ClFO3/c20-18(19(22)23)4-2-1-3-14-7-11-17(12-8-14)24-13-15-5-9-16(21)10-6-15/h5-12,18H,1-4,13H2,(H,22,23). The molecule has 128 valence electrons. The summed E-state index contributed by atoms with van der Waals surface area (Å²) in [5, 5.41) is 7.91. The van der Waals surface area contributed by atoms with Crippen LogP contribution in [0.5, 0.6) is 5.75 Å². The van der Waals surface area contributed by atoms with E-state index < -0.39 is 11.3 Å². The van der Waals surface area contributed by atoms with E-state index in [-0.39, 0.29) is 5.82 Å². The second-order valence-electron chi connectivity index (χ2n) is 5.61. The van der Waals surface area contributed by atoms with Crippen LogP contribution >= 0.6 is 11.6 Å². The molecule has 0 aliphatic heterocycles. The predicted molar refractivity (Wildman–Crippen MR) is 92.0 cm³/mol. The van der Waals surface area contributed by atoms with Crippen LogP contribution in [0.3, 0.4) is 0 Å². The van der Waals surface area contributed by atoms with Crippen molar-refractivity contribution in [2.45, 2.75) is 37.7 Å². The Morgan fingerprint density at radius 2 is 1.67 bits per heavy atom. The molecule has 1 N–H and O–H groups in total. The maximum atomic E-state index is 12.8. The molecule has 0 amide bonds. The maximum Gasteiger partial charge on any atom is 0.321 e. The first-order valence-electron chi connectivity index (χ1n) is 7.87. The van der Waals surface area contributed by atoms with E-state index in [2.05, 4.69) is 0 Å². The van der Waals surface area contributed by atoms with Crippen LogP contribution in [0, 0.1) is 5.82 Å². The van der Waals surface area contributed by atoms with E-state index in [0.29, 0.717) is 13.0 Å². The molecule has 0 aromatic heterocycles. The van der Waals surface area contributed by atoms with Crippen LogP contribution in [0.25, 0.3) is 0 Å². The number of hydrogen-bond acceptors (Lipinski definition) is 2. The molecule has 24 heavy (non-hydrogen) atoms. The van der Waals surface area contributed by atoms with Gasteiger partial charge in [0.1, 0.15) is 23.6 Å². The van der Waals surface area contributed by atoms with Crippen LogP contribution in [-0.2, 0) is 17.8 Å². The molecular weight excluding hydrogens is 331 g/mol. The van der Waals surface area contributed by atoms with E-state index >= 15 is 0 Å². The second-order valence-corrected chi connectivity index (χ2v) is 6.14. The van der Waals surface area contributed by atoms with Gasteiger partial charge in [-0.05, 0) is 54.7 Å². The van der Waals surface area contributed by atoms with Crippen LogP contribution in [0.2, 0.25) is 0 Å². The summed E-state index contributed by atoms with van der Waals surface area (Å²) < 4.78 is 18.5. The van der Waals surface area contributed by atoms with Gasteiger partial charge in [0.2, 0.25) is 0 Å². The van der Waals surface area contributed by atoms with Crippen molar-refractivity contribution < 1.29 is 19.0 Å². The number of rotatable bonds is 9. The SMILES string of the molecule is O=C(O)C(Cl)CCCCc1ccc(OCc2ccc(F)cc2)cc1. The number of hydrogen-bond donors (Lipinski definition) is 1. The largest absolute Gasteiger partial charge is 0.489 e. The minimum Gasteiger partial charge on any atom is -0.489 e. The van der Waals surface area contributed by atoms with Crippen LogP contribution in [0.15, 0.2) is 48.5 Å². The van der Waals surface area contributed by atoms with Crippen molar-refractivity contribution in [3.63, 3.8) is 0 Å². The van der Waals surface area contributed by atoms with Crippen molar-refractivity contribution in [2.75, 3.05) is 0 Å². The molecule has 0 saturated heterocycles. The van der Waals surface area contributed by atoms with Gasteiger partial charge in [-0.1, -0.05) is 30.7 Å². The first-order valence-corrected chi connectivity index (χ1v) is 8.31. The van der Waals surface area contributed by atoms with Crippen LogP contribution in [0.1, 0.15) is 30.4 Å². The normalized spacial score (nSPS) is 11.9. The molecule has 1 atom stereocenters. The Hall–Kier alpha value is -2.07. The minimum absolute atomic E-state index is 0.257. The number of halogens is 2. The van der Waals surface area contributed by atoms with Gasteiger partial charge in [-0.15, -0.1) is 11.6 Å². The number of ether oxygens (including phenoxy) is 1. The van der Waals surface area contributed by atoms with Crippen LogP contribution in [0.4, 0.5) is 4.39 Å². The highest BCUT2D eigenvalue weighted by molar-refractivity contribution is 6.29. The molecule has 1 unspecified atom stereocenters. The van der Waals surface area contributed by atoms with E-state index in [1.54, 1.807) is 12.1 Å². The molecule has 2 rings (SSSR count). The van der Waals surface area contributed by atoms with E-state index in [1.807, 2.05) is 24.3 Å². The Labute approximate surface area is 146 Å². The summed E-state index contributed by atoms with van der Waals surface area (Å²) in [7, 11) is 0. The van der Waals surface area contributed by atoms with Gasteiger partial charge in [0.15, 0.2) is 0 Å². The second kappa shape index (κ2) is 9.28. The third kappa shape index (κ3) is 6.20. The van der Waals surface area contributed by atoms with Gasteiger partial charge in [-0.2, -0.15) is 0 Å². The highest BCUT2D eigenvalue weighted by Crippen LogP contribution is 2.17. The van der Waals surface area contributed by atoms with E-state index in [9.17, 15) is 9.18 Å². The Morgan fingerprint density at radius 1 is 1.04 bits per heavy atom. The van der Waals surface area contributed by atoms with Gasteiger partial charge in [0.05, 0.1) is 0 Å². The Balaban J connectivity index is 1.72. The molecule has 5 heteroatoms. The van der Waals surface area contributed by atoms with Crippen LogP contribution in [-0.4, -0.2) is 16.5 Å². The van der Waals surface area contributed by atoms with Gasteiger partial charge in [-0.3, -0.25) is 4.79 Å². The summed E-state index contributed by atoms with van der Waals surface area (Å²) in [5.41, 5.74) is 2.08. The summed E-state index contributed by atoms with van der Waals surface area (Å²) in [6, 6.07) is 14.0. The van der Waals surface area contributed by atoms with E-state index in [4.69, 9.17) is 21.4 Å². The number of aliphatic carboxylic acids is 1. The minimum atomic E-state index is -0.959. The predicted octanol–water partition coefficient (Wildman–Crippen LogP) is 4.81. The van der Waals surface area contributed by atoms with Gasteiger partial charge in [-0.25, -0.2) is 4.39 Å². The number of carboxylic acid groups (broad SMARTS) is 1. The topological polar surface area (TPSA) is 46.5 Å². The molecule has 2 aromatic rings. The number of carbonyl (C=O) groups is 1. The van der Waals surface area contributed by atoms with Crippen molar-refractivity contribution in [3.05, 3.63) is 65.5 Å². The number of carboxylic acids is 1. The molecule has 0 aliphatic carbocycles. The number of aryl methyl sites for hydroxylation is 1. The maximum absolute atomic E-state index is 12.8. The average Bonchev–Trinajstić information content (AvgIpc) is 2.59. The van der Waals surface area contributed by atoms with Crippen molar-refractivity contribution in [3.8, 4) is 5.75 Å². The zero-order valence-electron chi connectivity index (χ0n) is 13.3. The number of alkyl halides is 1. The third-order valence-corrected chi connectivity index (χ3v) is 4.09. The Morgan fingerprint density at radius 3 is 2.29 bits per heavy atom. The lowest BCUT2D eigenvalue weighted by Gasteiger charge is -2.08. The molecule has 2 aromatic carbocycles. The quantitative estimate of drug-likeness (QED) is 0.521. The monoisotopic (exact) mass is 350 g/mol. The van der Waals surface area contributed by atoms with Crippen molar-refractivity contribution >= 4 is 17.6 Å². The first kappa shape index (κ1) is 18.3. The smallest absolute Gasteiger partial charge is 0.321 e. The summed E-state index contributed by atoms with van der Waals surface area (Å²) in [6.07, 6.45) is 3.03. The average molecular weight is 351 g/mol. The fourth-order valence-corrected chi connectivity index (χ4v) is 2.43. The summed E-state index contributed by atoms with van der Waals surface area (Å²) in [4.78, 5) is 10.6. The van der Waals surface area contributed by atoms with Crippen molar-refractivity contribution in [2.24, 2.45) is 0 Å². The molecule has 0 saturated carbocycles. The highest BCUT2D eigenvalue weighted by Gasteiger charge is 2.12. The lowest BCUT2D eigenvalue weighted by atomic mass is 10.1. The van der Waals surface area contributed by atoms with Gasteiger partial charge in [0, 0.05) is 0 Å². The lowest BCUT2D eigenvalue weighted by molar-refractivity contribution is -0.136. The molecule has 0 fully saturated rings. The summed E-state index contributed by atoms with van der Waals surface area (Å²) in [5.74, 6) is -0.457. The molecule has 0 heterocycles. The summed E-state index contributed by atoms with van der Waals surface area (Å²) >= 11 is 5.68. The Kier molecular flexibility index (Phi) is 7.07. The lowest BCUT2D eigenvalue weighted by Crippen LogP contribution is -2.12. The van der Waals surface area contributed by atoms with E-state index in [1.165, 1.54) is 17.7 Å².